The molecule has 0 aliphatic heterocycles. The first kappa shape index (κ1) is 35.8. The number of rotatable bonds is 8. The van der Waals surface area contributed by atoms with E-state index in [9.17, 15) is 0 Å². The summed E-state index contributed by atoms with van der Waals surface area (Å²) in [6, 6.07) is 75.0. The summed E-state index contributed by atoms with van der Waals surface area (Å²) < 4.78 is 6.61. The number of benzene rings is 8. The Labute approximate surface area is 353 Å². The number of fused-ring (bicyclic) bond motifs is 3. The van der Waals surface area contributed by atoms with E-state index in [0.717, 1.165) is 100 Å². The molecule has 3 heterocycles. The zero-order valence-corrected chi connectivity index (χ0v) is 33.0. The van der Waals surface area contributed by atoms with Crippen LogP contribution in [0, 0.1) is 0 Å². The number of furan rings is 1. The molecule has 8 aromatic carbocycles. The van der Waals surface area contributed by atoms with E-state index in [1.54, 1.807) is 0 Å². The van der Waals surface area contributed by atoms with Crippen molar-refractivity contribution in [3.63, 3.8) is 0 Å². The predicted octanol–water partition coefficient (Wildman–Crippen LogP) is 14.5. The first-order valence-electron chi connectivity index (χ1n) is 20.4. The van der Waals surface area contributed by atoms with Crippen molar-refractivity contribution in [1.29, 1.82) is 0 Å². The fourth-order valence-corrected chi connectivity index (χ4v) is 8.00. The van der Waals surface area contributed by atoms with Gasteiger partial charge in [-0.3, -0.25) is 0 Å². The van der Waals surface area contributed by atoms with Gasteiger partial charge in [-0.25, -0.2) is 19.9 Å². The highest BCUT2D eigenvalue weighted by Gasteiger charge is 2.17. The standard InChI is InChI=1S/C56H36N4O/c1-5-15-39(16-6-1)49-35-50(40-17-7-2-8-18-40)59-56(58-49)44-31-27-38(28-32-44)47-33-45(34-48-46-23-13-14-24-53(46)61-54(47)48)37-25-29-42(30-26-37)52-36-51(41-19-9-3-10-20-41)57-55(60-52)43-21-11-4-12-22-43/h1-36H. The Morgan fingerprint density at radius 2 is 0.639 bits per heavy atom. The van der Waals surface area contributed by atoms with Gasteiger partial charge in [-0.05, 0) is 47.0 Å². The van der Waals surface area contributed by atoms with E-state index in [2.05, 4.69) is 133 Å². The summed E-state index contributed by atoms with van der Waals surface area (Å²) in [7, 11) is 0. The highest BCUT2D eigenvalue weighted by molar-refractivity contribution is 6.11. The summed E-state index contributed by atoms with van der Waals surface area (Å²) in [5.41, 5.74) is 15.5. The summed E-state index contributed by atoms with van der Waals surface area (Å²) in [4.78, 5) is 20.2. The van der Waals surface area contributed by atoms with Gasteiger partial charge in [0, 0.05) is 49.7 Å². The van der Waals surface area contributed by atoms with Crippen LogP contribution in [0.4, 0.5) is 0 Å². The van der Waals surface area contributed by atoms with Crippen LogP contribution in [-0.4, -0.2) is 19.9 Å². The van der Waals surface area contributed by atoms with Gasteiger partial charge < -0.3 is 4.42 Å². The van der Waals surface area contributed by atoms with Crippen molar-refractivity contribution in [2.24, 2.45) is 0 Å². The van der Waals surface area contributed by atoms with Crippen molar-refractivity contribution in [3.05, 3.63) is 218 Å². The largest absolute Gasteiger partial charge is 0.455 e. The van der Waals surface area contributed by atoms with Crippen LogP contribution in [0.15, 0.2) is 223 Å². The van der Waals surface area contributed by atoms with Crippen LogP contribution in [0.2, 0.25) is 0 Å². The fraction of sp³-hybridized carbons (Fsp3) is 0. The second kappa shape index (κ2) is 15.5. The molecule has 0 bridgehead atoms. The van der Waals surface area contributed by atoms with Crippen molar-refractivity contribution in [1.82, 2.24) is 19.9 Å². The molecule has 3 aromatic heterocycles. The third-order valence-corrected chi connectivity index (χ3v) is 11.1. The SMILES string of the molecule is c1ccc(-c2cc(-c3ccc(-c4cc(-c5ccc(-c6nc(-c7ccccc7)cc(-c7ccccc7)n6)cc5)c5oc6ccccc6c5c4)cc3)nc(-c3ccccc3)n2)cc1. The quantitative estimate of drug-likeness (QED) is 0.154. The van der Waals surface area contributed by atoms with Crippen molar-refractivity contribution < 1.29 is 4.42 Å². The summed E-state index contributed by atoms with van der Waals surface area (Å²) >= 11 is 0. The maximum absolute atomic E-state index is 6.61. The highest BCUT2D eigenvalue weighted by atomic mass is 16.3. The van der Waals surface area contributed by atoms with Gasteiger partial charge in [-0.15, -0.1) is 0 Å². The van der Waals surface area contributed by atoms with E-state index in [4.69, 9.17) is 24.4 Å². The molecule has 0 spiro atoms. The van der Waals surface area contributed by atoms with Crippen molar-refractivity contribution >= 4 is 21.9 Å². The van der Waals surface area contributed by atoms with E-state index in [-0.39, 0.29) is 0 Å². The third kappa shape index (κ3) is 7.04. The molecule has 286 valence electrons. The number of hydrogen-bond acceptors (Lipinski definition) is 5. The molecule has 11 aromatic rings. The van der Waals surface area contributed by atoms with Gasteiger partial charge in [0.05, 0.1) is 22.8 Å². The summed E-state index contributed by atoms with van der Waals surface area (Å²) in [5, 5.41) is 2.15. The van der Waals surface area contributed by atoms with Crippen LogP contribution in [0.5, 0.6) is 0 Å². The Kier molecular flexibility index (Phi) is 9.10. The molecule has 0 saturated heterocycles. The molecule has 5 heteroatoms. The minimum atomic E-state index is 0.671. The van der Waals surface area contributed by atoms with Crippen molar-refractivity contribution in [3.8, 4) is 90.1 Å². The molecule has 5 nitrogen and oxygen atoms in total. The molecule has 0 saturated carbocycles. The van der Waals surface area contributed by atoms with Gasteiger partial charge in [0.25, 0.3) is 0 Å². The number of aromatic nitrogens is 4. The van der Waals surface area contributed by atoms with Gasteiger partial charge in [0.2, 0.25) is 0 Å². The zero-order valence-electron chi connectivity index (χ0n) is 33.0. The van der Waals surface area contributed by atoms with E-state index in [1.165, 1.54) is 0 Å². The lowest BCUT2D eigenvalue weighted by molar-refractivity contribution is 0.670. The first-order chi connectivity index (χ1) is 30.2. The number of para-hydroxylation sites is 1. The molecule has 0 radical (unpaired) electrons. The number of hydrogen-bond donors (Lipinski definition) is 0. The minimum absolute atomic E-state index is 0.671. The van der Waals surface area contributed by atoms with Gasteiger partial charge in [0.15, 0.2) is 11.6 Å². The summed E-state index contributed by atoms with van der Waals surface area (Å²) in [6.07, 6.45) is 0. The lowest BCUT2D eigenvalue weighted by Crippen LogP contribution is -1.96. The average molecular weight is 781 g/mol. The van der Waals surface area contributed by atoms with Gasteiger partial charge >= 0.3 is 0 Å². The molecule has 0 aliphatic carbocycles. The van der Waals surface area contributed by atoms with Crippen molar-refractivity contribution in [2.45, 2.75) is 0 Å². The molecule has 0 amide bonds. The van der Waals surface area contributed by atoms with E-state index >= 15 is 0 Å². The zero-order chi connectivity index (χ0) is 40.5. The second-order valence-electron chi connectivity index (χ2n) is 15.0. The molecule has 0 N–H and O–H groups in total. The molecule has 0 unspecified atom stereocenters. The first-order valence-corrected chi connectivity index (χ1v) is 20.4. The third-order valence-electron chi connectivity index (χ3n) is 11.1. The van der Waals surface area contributed by atoms with E-state index in [1.807, 2.05) is 84.9 Å². The summed E-state index contributed by atoms with van der Waals surface area (Å²) in [5.74, 6) is 1.37. The summed E-state index contributed by atoms with van der Waals surface area (Å²) in [6.45, 7) is 0. The van der Waals surface area contributed by atoms with Gasteiger partial charge in [-0.2, -0.15) is 0 Å². The Balaban J connectivity index is 0.989. The topological polar surface area (TPSA) is 64.7 Å². The Morgan fingerprint density at radius 1 is 0.262 bits per heavy atom. The second-order valence-corrected chi connectivity index (χ2v) is 15.0. The van der Waals surface area contributed by atoms with Crippen LogP contribution in [0.3, 0.4) is 0 Å². The smallest absolute Gasteiger partial charge is 0.160 e. The average Bonchev–Trinajstić information content (AvgIpc) is 3.73. The maximum atomic E-state index is 6.61. The van der Waals surface area contributed by atoms with Crippen molar-refractivity contribution in [2.75, 3.05) is 0 Å². The maximum Gasteiger partial charge on any atom is 0.160 e. The molecule has 0 fully saturated rings. The highest BCUT2D eigenvalue weighted by Crippen LogP contribution is 2.41. The lowest BCUT2D eigenvalue weighted by atomic mass is 9.94. The van der Waals surface area contributed by atoms with Crippen LogP contribution in [0.25, 0.3) is 112 Å². The van der Waals surface area contributed by atoms with Crippen LogP contribution >= 0.6 is 0 Å². The fourth-order valence-electron chi connectivity index (χ4n) is 8.00. The number of nitrogens with zero attached hydrogens (tertiary/aromatic N) is 4. The Bertz CT molecular complexity index is 3200. The van der Waals surface area contributed by atoms with E-state index < -0.39 is 0 Å². The lowest BCUT2D eigenvalue weighted by Gasteiger charge is -2.12. The molecular formula is C56H36N4O. The Morgan fingerprint density at radius 3 is 1.15 bits per heavy atom. The molecule has 0 atom stereocenters. The normalized spacial score (nSPS) is 11.3. The van der Waals surface area contributed by atoms with Gasteiger partial charge in [0.1, 0.15) is 11.2 Å². The Hall–Kier alpha value is -8.28. The predicted molar refractivity (Wildman–Crippen MR) is 248 cm³/mol. The van der Waals surface area contributed by atoms with Gasteiger partial charge in [-0.1, -0.05) is 188 Å². The van der Waals surface area contributed by atoms with Crippen LogP contribution < -0.4 is 0 Å². The molecule has 61 heavy (non-hydrogen) atoms. The molecule has 0 aliphatic rings. The monoisotopic (exact) mass is 780 g/mol. The molecule has 11 rings (SSSR count). The minimum Gasteiger partial charge on any atom is -0.455 e. The van der Waals surface area contributed by atoms with E-state index in [0.29, 0.717) is 11.6 Å². The van der Waals surface area contributed by atoms with Crippen LogP contribution in [0.1, 0.15) is 0 Å². The molecular weight excluding hydrogens is 745 g/mol. The van der Waals surface area contributed by atoms with Crippen LogP contribution in [-0.2, 0) is 0 Å².